The fourth-order valence-electron chi connectivity index (χ4n) is 0.250. The highest BCUT2D eigenvalue weighted by molar-refractivity contribution is 5.77. The topological polar surface area (TPSA) is 63.3 Å². The minimum Gasteiger partial charge on any atom is -0.320 e. The predicted molar refractivity (Wildman–Crippen MR) is 31.6 cm³/mol. The van der Waals surface area contributed by atoms with Crippen molar-refractivity contribution in [2.45, 2.75) is 26.7 Å². The van der Waals surface area contributed by atoms with E-state index >= 15 is 0 Å². The quantitative estimate of drug-likeness (QED) is 0.526. The lowest BCUT2D eigenvalue weighted by molar-refractivity contribution is -0.118. The van der Waals surface area contributed by atoms with Gasteiger partial charge in [-0.25, -0.2) is 5.90 Å². The van der Waals surface area contributed by atoms with Crippen LogP contribution in [0.4, 0.5) is 0 Å². The summed E-state index contributed by atoms with van der Waals surface area (Å²) < 4.78 is 0. The Balaban J connectivity index is 0. The first kappa shape index (κ1) is 10.5. The van der Waals surface area contributed by atoms with E-state index in [1.165, 1.54) is 0 Å². The van der Waals surface area contributed by atoms with Gasteiger partial charge in [0.2, 0.25) is 0 Å². The highest BCUT2D eigenvalue weighted by atomic mass is 16.4. The molecule has 0 atom stereocenters. The van der Waals surface area contributed by atoms with Gasteiger partial charge >= 0.3 is 0 Å². The molecule has 3 heteroatoms. The van der Waals surface area contributed by atoms with Crippen molar-refractivity contribution in [3.8, 4) is 0 Å². The van der Waals surface area contributed by atoms with Gasteiger partial charge in [-0.05, 0) is 0 Å². The first-order valence-electron chi connectivity index (χ1n) is 2.58. The maximum atomic E-state index is 10.2. The van der Waals surface area contributed by atoms with Gasteiger partial charge in [-0.3, -0.25) is 4.79 Å². The molecular weight excluding hydrogens is 106 g/mol. The Hall–Kier alpha value is -0.410. The molecule has 0 unspecified atom stereocenters. The zero-order chi connectivity index (χ0) is 6.99. The van der Waals surface area contributed by atoms with Crippen molar-refractivity contribution < 1.29 is 10.0 Å². The first-order valence-corrected chi connectivity index (χ1v) is 2.58. The van der Waals surface area contributed by atoms with Crippen molar-refractivity contribution in [3.63, 3.8) is 0 Å². The molecule has 8 heavy (non-hydrogen) atoms. The molecule has 0 fully saturated rings. The van der Waals surface area contributed by atoms with Gasteiger partial charge in [0.05, 0.1) is 0 Å². The van der Waals surface area contributed by atoms with E-state index in [-0.39, 0.29) is 0 Å². The van der Waals surface area contributed by atoms with Crippen LogP contribution in [0.25, 0.3) is 0 Å². The molecule has 0 aliphatic heterocycles. The maximum absolute atomic E-state index is 10.2. The molecular formula is C5H13NO2. The normalized spacial score (nSPS) is 7.00. The summed E-state index contributed by atoms with van der Waals surface area (Å²) in [5.74, 6) is 3.84. The second-order valence-electron chi connectivity index (χ2n) is 1.25. The van der Waals surface area contributed by atoms with Gasteiger partial charge in [0.25, 0.3) is 0 Å². The number of Topliss-reactive ketones (excluding diaryl/α,β-unsaturated/α-hetero) is 1. The van der Waals surface area contributed by atoms with Crippen LogP contribution in [-0.2, 0) is 4.79 Å². The predicted octanol–water partition coefficient (Wildman–Crippen LogP) is 0.710. The Morgan fingerprint density at radius 1 is 1.38 bits per heavy atom. The number of hydrogen-bond acceptors (Lipinski definition) is 3. The number of nitrogens with two attached hydrogens (primary N) is 1. The average molecular weight is 119 g/mol. The number of rotatable bonds is 2. The van der Waals surface area contributed by atoms with Crippen molar-refractivity contribution in [1.29, 1.82) is 0 Å². The van der Waals surface area contributed by atoms with E-state index in [1.54, 1.807) is 0 Å². The molecule has 0 aromatic rings. The van der Waals surface area contributed by atoms with E-state index in [2.05, 4.69) is 5.90 Å². The fourth-order valence-corrected chi connectivity index (χ4v) is 0.250. The van der Waals surface area contributed by atoms with Crippen LogP contribution < -0.4 is 5.90 Å². The number of carbonyl (C=O) groups excluding carboxylic acids is 1. The lowest BCUT2D eigenvalue weighted by atomic mass is 10.3. The molecule has 0 aliphatic rings. The van der Waals surface area contributed by atoms with Crippen molar-refractivity contribution in [2.24, 2.45) is 5.90 Å². The molecule has 0 aliphatic carbocycles. The van der Waals surface area contributed by atoms with Crippen molar-refractivity contribution in [2.75, 3.05) is 0 Å². The minimum atomic E-state index is 0.343. The number of hydrogen-bond donors (Lipinski definition) is 2. The highest BCUT2D eigenvalue weighted by Crippen LogP contribution is 1.82. The van der Waals surface area contributed by atoms with E-state index < -0.39 is 0 Å². The summed E-state index contributed by atoms with van der Waals surface area (Å²) in [7, 11) is 0. The summed E-state index contributed by atoms with van der Waals surface area (Å²) in [5, 5.41) is 6.50. The van der Waals surface area contributed by atoms with Gasteiger partial charge in [-0.1, -0.05) is 13.8 Å². The van der Waals surface area contributed by atoms with E-state index in [0.717, 1.165) is 0 Å². The second kappa shape index (κ2) is 9.77. The monoisotopic (exact) mass is 119 g/mol. The van der Waals surface area contributed by atoms with Gasteiger partial charge in [0.15, 0.2) is 0 Å². The van der Waals surface area contributed by atoms with E-state index in [4.69, 9.17) is 5.21 Å². The third kappa shape index (κ3) is 9.14. The van der Waals surface area contributed by atoms with Crippen LogP contribution in [0.15, 0.2) is 0 Å². The van der Waals surface area contributed by atoms with E-state index in [0.29, 0.717) is 18.6 Å². The van der Waals surface area contributed by atoms with Gasteiger partial charge < -0.3 is 5.21 Å². The highest BCUT2D eigenvalue weighted by Gasteiger charge is 1.86. The molecule has 0 rings (SSSR count). The molecule has 3 N–H and O–H groups in total. The summed E-state index contributed by atoms with van der Waals surface area (Å²) in [6.45, 7) is 3.76. The zero-order valence-corrected chi connectivity index (χ0v) is 5.35. The fraction of sp³-hybridized carbons (Fsp3) is 0.800. The van der Waals surface area contributed by atoms with Crippen LogP contribution in [0.3, 0.4) is 0 Å². The molecule has 0 radical (unpaired) electrons. The van der Waals surface area contributed by atoms with Crippen molar-refractivity contribution >= 4 is 5.78 Å². The third-order valence-electron chi connectivity index (χ3n) is 0.789. The molecule has 3 nitrogen and oxygen atoms in total. The van der Waals surface area contributed by atoms with Crippen LogP contribution in [0.1, 0.15) is 26.7 Å². The zero-order valence-electron chi connectivity index (χ0n) is 5.35. The molecule has 0 aromatic heterocycles. The van der Waals surface area contributed by atoms with Gasteiger partial charge in [-0.2, -0.15) is 0 Å². The van der Waals surface area contributed by atoms with Gasteiger partial charge in [0, 0.05) is 12.8 Å². The van der Waals surface area contributed by atoms with Crippen molar-refractivity contribution in [1.82, 2.24) is 0 Å². The Morgan fingerprint density at radius 2 is 1.62 bits per heavy atom. The first-order chi connectivity index (χ1) is 3.81. The Bertz CT molecular complexity index is 48.4. The summed E-state index contributed by atoms with van der Waals surface area (Å²) in [6.07, 6.45) is 1.38. The number of carbonyl (C=O) groups is 1. The summed E-state index contributed by atoms with van der Waals surface area (Å²) in [5.41, 5.74) is 0. The van der Waals surface area contributed by atoms with Crippen LogP contribution in [-0.4, -0.2) is 11.0 Å². The molecule has 0 heterocycles. The van der Waals surface area contributed by atoms with Crippen LogP contribution in [0, 0.1) is 0 Å². The standard InChI is InChI=1S/C5H10O.H3NO/c1-3-5(6)4-2;1-2/h3-4H2,1-2H3;2H,1H2. The average Bonchev–Trinajstić information content (AvgIpc) is 1.91. The molecule has 0 amide bonds. The number of ketones is 1. The van der Waals surface area contributed by atoms with Crippen LogP contribution in [0.2, 0.25) is 0 Å². The van der Waals surface area contributed by atoms with Crippen molar-refractivity contribution in [3.05, 3.63) is 0 Å². The summed E-state index contributed by atoms with van der Waals surface area (Å²) in [6, 6.07) is 0. The van der Waals surface area contributed by atoms with Crippen LogP contribution in [0.5, 0.6) is 0 Å². The Morgan fingerprint density at radius 3 is 1.62 bits per heavy atom. The largest absolute Gasteiger partial charge is 0.320 e. The smallest absolute Gasteiger partial charge is 0.132 e. The molecule has 50 valence electrons. The van der Waals surface area contributed by atoms with Gasteiger partial charge in [0.1, 0.15) is 5.78 Å². The summed E-state index contributed by atoms with van der Waals surface area (Å²) in [4.78, 5) is 10.2. The molecule has 0 aromatic carbocycles. The van der Waals surface area contributed by atoms with E-state index in [1.807, 2.05) is 13.8 Å². The maximum Gasteiger partial charge on any atom is 0.132 e. The Labute approximate surface area is 49.5 Å². The lowest BCUT2D eigenvalue weighted by Crippen LogP contribution is -1.88. The molecule has 0 bridgehead atoms. The molecule has 0 saturated carbocycles. The Kier molecular flexibility index (Phi) is 12.9. The minimum absolute atomic E-state index is 0.343. The SMILES string of the molecule is CCC(=O)CC.NO. The molecule has 0 saturated heterocycles. The summed E-state index contributed by atoms with van der Waals surface area (Å²) >= 11 is 0. The molecule has 0 spiro atoms. The third-order valence-corrected chi connectivity index (χ3v) is 0.789. The van der Waals surface area contributed by atoms with Crippen LogP contribution >= 0.6 is 0 Å². The lowest BCUT2D eigenvalue weighted by Gasteiger charge is -1.81. The second-order valence-corrected chi connectivity index (χ2v) is 1.25. The van der Waals surface area contributed by atoms with Gasteiger partial charge in [-0.15, -0.1) is 0 Å². The van der Waals surface area contributed by atoms with E-state index in [9.17, 15) is 4.79 Å².